The fourth-order valence-corrected chi connectivity index (χ4v) is 3.39. The first-order valence-corrected chi connectivity index (χ1v) is 6.88. The summed E-state index contributed by atoms with van der Waals surface area (Å²) in [6.45, 7) is 4.29. The normalized spacial score (nSPS) is 19.8. The first kappa shape index (κ1) is 12.1. The van der Waals surface area contributed by atoms with E-state index in [1.54, 1.807) is 0 Å². The van der Waals surface area contributed by atoms with Crippen molar-refractivity contribution in [1.82, 2.24) is 0 Å². The Hall–Kier alpha value is -0.340. The lowest BCUT2D eigenvalue weighted by atomic mass is 9.77. The Balaban J connectivity index is 2.45. The third-order valence-electron chi connectivity index (χ3n) is 3.68. The van der Waals surface area contributed by atoms with E-state index in [2.05, 4.69) is 41.9 Å². The lowest BCUT2D eigenvalue weighted by Crippen LogP contribution is -2.39. The second-order valence-corrected chi connectivity index (χ2v) is 5.95. The number of halogens is 1. The molecule has 0 bridgehead atoms. The molecule has 1 fully saturated rings. The molecule has 1 aliphatic rings. The van der Waals surface area contributed by atoms with Gasteiger partial charge in [-0.05, 0) is 37.8 Å². The Morgan fingerprint density at radius 3 is 2.38 bits per heavy atom. The van der Waals surface area contributed by atoms with Crippen molar-refractivity contribution in [3.05, 3.63) is 33.3 Å². The second-order valence-electron chi connectivity index (χ2n) is 5.16. The summed E-state index contributed by atoms with van der Waals surface area (Å²) in [5, 5.41) is 0. The van der Waals surface area contributed by atoms with E-state index in [0.29, 0.717) is 0 Å². The lowest BCUT2D eigenvalue weighted by Gasteiger charge is -2.35. The second kappa shape index (κ2) is 4.50. The number of hydrogen-bond acceptors (Lipinski definition) is 1. The first-order chi connectivity index (χ1) is 7.53. The molecule has 1 aromatic rings. The van der Waals surface area contributed by atoms with Crippen molar-refractivity contribution in [2.45, 2.75) is 51.5 Å². The van der Waals surface area contributed by atoms with Crippen LogP contribution in [-0.2, 0) is 5.54 Å². The minimum absolute atomic E-state index is 0.103. The van der Waals surface area contributed by atoms with E-state index in [4.69, 9.17) is 5.73 Å². The van der Waals surface area contributed by atoms with E-state index in [-0.39, 0.29) is 5.54 Å². The fraction of sp³-hybridized carbons (Fsp3) is 0.571. The predicted molar refractivity (Wildman–Crippen MR) is 72.6 cm³/mol. The highest BCUT2D eigenvalue weighted by Gasteiger charge is 2.31. The first-order valence-electron chi connectivity index (χ1n) is 6.09. The lowest BCUT2D eigenvalue weighted by molar-refractivity contribution is 0.301. The standard InChI is InChI=1S/C14H20BrN/c1-10-8-11(2)13(15)12(9-10)14(16)6-4-3-5-7-14/h8-9H,3-7,16H2,1-2H3. The van der Waals surface area contributed by atoms with Crippen molar-refractivity contribution in [1.29, 1.82) is 0 Å². The third-order valence-corrected chi connectivity index (χ3v) is 4.73. The minimum atomic E-state index is -0.103. The van der Waals surface area contributed by atoms with Gasteiger partial charge in [-0.15, -0.1) is 0 Å². The Morgan fingerprint density at radius 2 is 1.75 bits per heavy atom. The Bertz CT molecular complexity index is 392. The average molecular weight is 282 g/mol. The molecule has 0 aromatic heterocycles. The molecule has 88 valence electrons. The van der Waals surface area contributed by atoms with Crippen LogP contribution in [-0.4, -0.2) is 0 Å². The highest BCUT2D eigenvalue weighted by atomic mass is 79.9. The summed E-state index contributed by atoms with van der Waals surface area (Å²) >= 11 is 3.71. The number of rotatable bonds is 1. The van der Waals surface area contributed by atoms with Gasteiger partial charge in [0.1, 0.15) is 0 Å². The predicted octanol–water partition coefficient (Wildman–Crippen LogP) is 4.18. The summed E-state index contributed by atoms with van der Waals surface area (Å²) in [6, 6.07) is 4.46. The third kappa shape index (κ3) is 2.18. The zero-order chi connectivity index (χ0) is 11.8. The van der Waals surface area contributed by atoms with Gasteiger partial charge in [-0.2, -0.15) is 0 Å². The van der Waals surface area contributed by atoms with Gasteiger partial charge in [0.25, 0.3) is 0 Å². The fourth-order valence-electron chi connectivity index (χ4n) is 2.76. The molecule has 0 atom stereocenters. The van der Waals surface area contributed by atoms with Crippen molar-refractivity contribution in [3.63, 3.8) is 0 Å². The summed E-state index contributed by atoms with van der Waals surface area (Å²) in [7, 11) is 0. The van der Waals surface area contributed by atoms with Crippen LogP contribution >= 0.6 is 15.9 Å². The van der Waals surface area contributed by atoms with Gasteiger partial charge in [-0.1, -0.05) is 52.9 Å². The molecule has 0 saturated heterocycles. The molecule has 2 rings (SSSR count). The molecular weight excluding hydrogens is 262 g/mol. The summed E-state index contributed by atoms with van der Waals surface area (Å²) < 4.78 is 1.21. The van der Waals surface area contributed by atoms with Crippen molar-refractivity contribution in [2.24, 2.45) is 5.73 Å². The minimum Gasteiger partial charge on any atom is -0.321 e. The zero-order valence-electron chi connectivity index (χ0n) is 10.1. The topological polar surface area (TPSA) is 26.0 Å². The van der Waals surface area contributed by atoms with Crippen molar-refractivity contribution >= 4 is 15.9 Å². The molecule has 0 aliphatic heterocycles. The summed E-state index contributed by atoms with van der Waals surface area (Å²) in [6.07, 6.45) is 6.09. The number of aryl methyl sites for hydroxylation is 2. The average Bonchev–Trinajstić information content (AvgIpc) is 2.24. The van der Waals surface area contributed by atoms with Gasteiger partial charge in [-0.3, -0.25) is 0 Å². The van der Waals surface area contributed by atoms with Crippen LogP contribution in [0.2, 0.25) is 0 Å². The quantitative estimate of drug-likeness (QED) is 0.821. The highest BCUT2D eigenvalue weighted by molar-refractivity contribution is 9.10. The van der Waals surface area contributed by atoms with Crippen LogP contribution in [0.25, 0.3) is 0 Å². The van der Waals surface area contributed by atoms with E-state index in [0.717, 1.165) is 12.8 Å². The summed E-state index contributed by atoms with van der Waals surface area (Å²) in [5.41, 5.74) is 10.4. The summed E-state index contributed by atoms with van der Waals surface area (Å²) in [5.74, 6) is 0. The van der Waals surface area contributed by atoms with Gasteiger partial charge in [0.05, 0.1) is 0 Å². The maximum absolute atomic E-state index is 6.59. The van der Waals surface area contributed by atoms with E-state index < -0.39 is 0 Å². The maximum atomic E-state index is 6.59. The van der Waals surface area contributed by atoms with Crippen LogP contribution in [0.15, 0.2) is 16.6 Å². The highest BCUT2D eigenvalue weighted by Crippen LogP contribution is 2.39. The number of hydrogen-bond donors (Lipinski definition) is 1. The SMILES string of the molecule is Cc1cc(C)c(Br)c(C2(N)CCCCC2)c1. The number of benzene rings is 1. The van der Waals surface area contributed by atoms with E-state index in [1.165, 1.54) is 40.4 Å². The van der Waals surface area contributed by atoms with Crippen LogP contribution in [0.3, 0.4) is 0 Å². The van der Waals surface area contributed by atoms with Crippen LogP contribution in [0.5, 0.6) is 0 Å². The molecule has 0 radical (unpaired) electrons. The molecule has 0 unspecified atom stereocenters. The summed E-state index contributed by atoms with van der Waals surface area (Å²) in [4.78, 5) is 0. The Kier molecular flexibility index (Phi) is 3.41. The Labute approximate surface area is 107 Å². The zero-order valence-corrected chi connectivity index (χ0v) is 11.7. The molecule has 16 heavy (non-hydrogen) atoms. The molecule has 1 nitrogen and oxygen atoms in total. The van der Waals surface area contributed by atoms with Gasteiger partial charge in [0.15, 0.2) is 0 Å². The van der Waals surface area contributed by atoms with E-state index >= 15 is 0 Å². The van der Waals surface area contributed by atoms with E-state index in [9.17, 15) is 0 Å². The van der Waals surface area contributed by atoms with Gasteiger partial charge >= 0.3 is 0 Å². The Morgan fingerprint density at radius 1 is 1.12 bits per heavy atom. The molecule has 1 aliphatic carbocycles. The molecule has 1 saturated carbocycles. The van der Waals surface area contributed by atoms with Crippen LogP contribution in [0.1, 0.15) is 48.8 Å². The molecule has 0 amide bonds. The van der Waals surface area contributed by atoms with Crippen LogP contribution in [0, 0.1) is 13.8 Å². The molecule has 2 N–H and O–H groups in total. The largest absolute Gasteiger partial charge is 0.321 e. The molecular formula is C14H20BrN. The molecule has 0 spiro atoms. The number of nitrogens with two attached hydrogens (primary N) is 1. The molecule has 1 aromatic carbocycles. The van der Waals surface area contributed by atoms with Gasteiger partial charge in [-0.25, -0.2) is 0 Å². The van der Waals surface area contributed by atoms with Crippen LogP contribution < -0.4 is 5.73 Å². The van der Waals surface area contributed by atoms with Gasteiger partial charge in [0, 0.05) is 10.0 Å². The molecule has 2 heteroatoms. The maximum Gasteiger partial charge on any atom is 0.0421 e. The van der Waals surface area contributed by atoms with Gasteiger partial charge < -0.3 is 5.73 Å². The monoisotopic (exact) mass is 281 g/mol. The van der Waals surface area contributed by atoms with Crippen molar-refractivity contribution in [2.75, 3.05) is 0 Å². The van der Waals surface area contributed by atoms with Crippen molar-refractivity contribution < 1.29 is 0 Å². The van der Waals surface area contributed by atoms with E-state index in [1.807, 2.05) is 0 Å². The smallest absolute Gasteiger partial charge is 0.0421 e. The van der Waals surface area contributed by atoms with Crippen molar-refractivity contribution in [3.8, 4) is 0 Å². The van der Waals surface area contributed by atoms with Crippen LogP contribution in [0.4, 0.5) is 0 Å². The molecule has 0 heterocycles. The van der Waals surface area contributed by atoms with Gasteiger partial charge in [0.2, 0.25) is 0 Å².